The lowest BCUT2D eigenvalue weighted by molar-refractivity contribution is -0.394. The predicted octanol–water partition coefficient (Wildman–Crippen LogP) is -7.86. The van der Waals surface area contributed by atoms with Crippen LogP contribution in [0.5, 0.6) is 5.75 Å². The van der Waals surface area contributed by atoms with Gasteiger partial charge in [0.2, 0.25) is 0 Å². The molecular weight excluding hydrogens is 356 g/mol. The second-order valence-corrected chi connectivity index (χ2v) is 2.19. The largest absolute Gasteiger partial charge is 0.502 e. The van der Waals surface area contributed by atoms with Crippen molar-refractivity contribution in [2.45, 2.75) is 0 Å². The van der Waals surface area contributed by atoms with Crippen LogP contribution in [0.25, 0.3) is 0 Å². The first-order valence-electron chi connectivity index (χ1n) is 3.14. The molecule has 0 fully saturated rings. The maximum absolute atomic E-state index is 10.2. The number of benzene rings is 1. The van der Waals surface area contributed by atoms with Crippen molar-refractivity contribution < 1.29 is 75.2 Å². The Morgan fingerprint density at radius 1 is 0.667 bits per heavy atom. The molecule has 23 N–H and O–H groups in total. The average Bonchev–Trinajstić information content (AvgIpc) is 2.04. The van der Waals surface area contributed by atoms with Crippen LogP contribution in [0.2, 0.25) is 0 Å². The minimum Gasteiger partial charge on any atom is -0.502 e. The summed E-state index contributed by atoms with van der Waals surface area (Å²) in [6.45, 7) is 0. The summed E-state index contributed by atoms with van der Waals surface area (Å²) in [4.78, 5) is 18.7. The summed E-state index contributed by atoms with van der Waals surface area (Å²) in [5.41, 5.74) is -1.10. The van der Waals surface area contributed by atoms with Crippen molar-refractivity contribution in [3.05, 3.63) is 38.4 Å². The number of phenols is 1. The van der Waals surface area contributed by atoms with Crippen molar-refractivity contribution in [1.82, 2.24) is 0 Å². The highest BCUT2D eigenvalue weighted by Crippen LogP contribution is 2.29. The van der Waals surface area contributed by atoms with E-state index < -0.39 is 27.0 Å². The first kappa shape index (κ1) is 82.4. The topological polar surface area (TPSA) is 453 Å². The van der Waals surface area contributed by atoms with Gasteiger partial charge < -0.3 is 65.3 Å². The zero-order valence-electron chi connectivity index (χ0n) is 11.7. The van der Waals surface area contributed by atoms with E-state index in [9.17, 15) is 20.2 Å². The lowest BCUT2D eigenvalue weighted by Crippen LogP contribution is -1.92. The molecule has 0 heterocycles. The first-order chi connectivity index (χ1) is 6.02. The second kappa shape index (κ2) is 32.4. The number of nitrogens with zero attached hydrogens (tertiary/aromatic N) is 2. The molecule has 0 atom stereocenters. The van der Waals surface area contributed by atoms with Crippen LogP contribution in [0.4, 0.5) is 11.4 Å². The van der Waals surface area contributed by atoms with Crippen LogP contribution in [-0.2, 0) is 0 Å². The highest BCUT2D eigenvalue weighted by Gasteiger charge is 2.18. The van der Waals surface area contributed by atoms with Crippen molar-refractivity contribution in [2.24, 2.45) is 0 Å². The molecule has 18 nitrogen and oxygen atoms in total. The van der Waals surface area contributed by atoms with Crippen molar-refractivity contribution in [3.63, 3.8) is 0 Å². The van der Waals surface area contributed by atoms with E-state index >= 15 is 0 Å². The van der Waals surface area contributed by atoms with Gasteiger partial charge in [0.05, 0.1) is 15.9 Å². The third kappa shape index (κ3) is 19.4. The number of rotatable bonds is 2. The zero-order valence-corrected chi connectivity index (χ0v) is 11.7. The lowest BCUT2D eigenvalue weighted by Gasteiger charge is -1.94. The van der Waals surface area contributed by atoms with E-state index in [4.69, 9.17) is 5.11 Å². The predicted molar refractivity (Wildman–Crippen MR) is 81.2 cm³/mol. The van der Waals surface area contributed by atoms with Crippen LogP contribution >= 0.6 is 0 Å². The van der Waals surface area contributed by atoms with Crippen molar-refractivity contribution in [1.29, 1.82) is 0 Å². The highest BCUT2D eigenvalue weighted by molar-refractivity contribution is 5.52. The molecule has 0 aromatic heterocycles. The molecule has 0 spiro atoms. The van der Waals surface area contributed by atoms with E-state index in [2.05, 4.69) is 0 Å². The van der Waals surface area contributed by atoms with E-state index in [1.165, 1.54) is 0 Å². The Hall–Kier alpha value is -2.62. The van der Waals surface area contributed by atoms with E-state index in [0.717, 1.165) is 12.1 Å². The van der Waals surface area contributed by atoms with Crippen molar-refractivity contribution in [2.75, 3.05) is 0 Å². The van der Waals surface area contributed by atoms with Crippen LogP contribution < -0.4 is 0 Å². The average molecular weight is 382 g/mol. The van der Waals surface area contributed by atoms with Crippen LogP contribution in [0.15, 0.2) is 18.2 Å². The number of hydrogen-bond acceptors (Lipinski definition) is 5. The summed E-state index contributed by atoms with van der Waals surface area (Å²) in [5, 5.41) is 29.3. The Kier molecular flexibility index (Phi) is 111. The number of phenolic OH excluding ortho intramolecular Hbond substituents is 1. The molecule has 1 aromatic rings. The van der Waals surface area contributed by atoms with Gasteiger partial charge in [0.15, 0.2) is 5.75 Å². The third-order valence-electron chi connectivity index (χ3n) is 1.37. The molecule has 0 bridgehead atoms. The van der Waals surface area contributed by atoms with E-state index in [0.29, 0.717) is 6.07 Å². The summed E-state index contributed by atoms with van der Waals surface area (Å²) in [6, 6.07) is 2.61. The third-order valence-corrected chi connectivity index (χ3v) is 1.37. The fourth-order valence-corrected chi connectivity index (χ4v) is 0.772. The molecule has 0 saturated heterocycles. The number of nitro groups is 2. The van der Waals surface area contributed by atoms with E-state index in [1.807, 2.05) is 0 Å². The van der Waals surface area contributed by atoms with E-state index in [-0.39, 0.29) is 60.2 Å². The standard InChI is InChI=1S/C6H4N2O5.11H2O/c9-6-2-1-4(7(10)11)3-5(6)8(12)13;;;;;;;;;;;/h1-3,9H;11*1H2. The van der Waals surface area contributed by atoms with E-state index in [1.54, 1.807) is 0 Å². The summed E-state index contributed by atoms with van der Waals surface area (Å²) in [7, 11) is 0. The van der Waals surface area contributed by atoms with Gasteiger partial charge in [-0.3, -0.25) is 20.2 Å². The molecule has 0 aliphatic carbocycles. The molecule has 0 amide bonds. The maximum atomic E-state index is 10.2. The summed E-state index contributed by atoms with van der Waals surface area (Å²) < 4.78 is 0. The molecule has 18 heteroatoms. The second-order valence-electron chi connectivity index (χ2n) is 2.19. The minimum absolute atomic E-state index is 0. The molecule has 24 heavy (non-hydrogen) atoms. The number of hydrogen-bond donors (Lipinski definition) is 1. The van der Waals surface area contributed by atoms with Gasteiger partial charge in [0, 0.05) is 6.07 Å². The Labute approximate surface area is 132 Å². The van der Waals surface area contributed by atoms with Crippen LogP contribution in [0.1, 0.15) is 0 Å². The van der Waals surface area contributed by atoms with Gasteiger partial charge in [-0.25, -0.2) is 0 Å². The first-order valence-corrected chi connectivity index (χ1v) is 3.14. The number of non-ortho nitro benzene ring substituents is 1. The molecule has 0 aliphatic rings. The molecule has 1 rings (SSSR count). The molecule has 0 unspecified atom stereocenters. The Morgan fingerprint density at radius 2 is 1.00 bits per heavy atom. The van der Waals surface area contributed by atoms with Crippen molar-refractivity contribution >= 4 is 11.4 Å². The quantitative estimate of drug-likeness (QED) is 0.383. The molecule has 0 radical (unpaired) electrons. The maximum Gasteiger partial charge on any atom is 0.317 e. The van der Waals surface area contributed by atoms with Gasteiger partial charge in [-0.2, -0.15) is 0 Å². The van der Waals surface area contributed by atoms with Crippen molar-refractivity contribution in [3.8, 4) is 5.75 Å². The lowest BCUT2D eigenvalue weighted by atomic mass is 10.2. The minimum atomic E-state index is -0.887. The molecule has 1 aromatic carbocycles. The Balaban J connectivity index is -0.0000000171. The summed E-state index contributed by atoms with van der Waals surface area (Å²) in [5.74, 6) is -0.587. The fraction of sp³-hybridized carbons (Fsp3) is 0. The molecular formula is C6H26N2O16. The molecule has 0 aliphatic heterocycles. The van der Waals surface area contributed by atoms with Gasteiger partial charge in [0.1, 0.15) is 0 Å². The highest BCUT2D eigenvalue weighted by atomic mass is 16.6. The smallest absolute Gasteiger partial charge is 0.317 e. The number of aromatic hydroxyl groups is 1. The van der Waals surface area contributed by atoms with Crippen LogP contribution in [0, 0.1) is 20.2 Å². The Morgan fingerprint density at radius 3 is 1.25 bits per heavy atom. The van der Waals surface area contributed by atoms with Gasteiger partial charge in [-0.05, 0) is 6.07 Å². The zero-order chi connectivity index (χ0) is 10.0. The fourth-order valence-electron chi connectivity index (χ4n) is 0.772. The molecule has 0 saturated carbocycles. The van der Waals surface area contributed by atoms with Gasteiger partial charge in [-0.15, -0.1) is 0 Å². The van der Waals surface area contributed by atoms with Gasteiger partial charge in [0.25, 0.3) is 5.69 Å². The SMILES string of the molecule is O.O.O.O.O.O.O.O.O.O.O.O=[N+]([O-])c1ccc(O)c([N+](=O)[O-])c1. The van der Waals surface area contributed by atoms with Crippen LogP contribution in [0.3, 0.4) is 0 Å². The monoisotopic (exact) mass is 382 g/mol. The summed E-state index contributed by atoms with van der Waals surface area (Å²) in [6.07, 6.45) is 0. The normalized spacial score (nSPS) is 5.17. The van der Waals surface area contributed by atoms with Crippen LogP contribution in [-0.4, -0.2) is 75.2 Å². The summed E-state index contributed by atoms with van der Waals surface area (Å²) >= 11 is 0. The molecule has 156 valence electrons. The van der Waals surface area contributed by atoms with Gasteiger partial charge >= 0.3 is 5.69 Å². The Bertz CT molecular complexity index is 385. The van der Waals surface area contributed by atoms with Gasteiger partial charge in [-0.1, -0.05) is 0 Å². The number of nitro benzene ring substituents is 2.